The number of carbonyl (C=O) groups is 1. The molecule has 0 spiro atoms. The Hall–Kier alpha value is -2.99. The lowest BCUT2D eigenvalue weighted by Crippen LogP contribution is -2.40. The molecule has 1 aromatic heterocycles. The first-order valence-corrected chi connectivity index (χ1v) is 10.2. The third-order valence-corrected chi connectivity index (χ3v) is 5.53. The summed E-state index contributed by atoms with van der Waals surface area (Å²) in [7, 11) is 0. The highest BCUT2D eigenvalue weighted by atomic mass is 16.1. The van der Waals surface area contributed by atoms with E-state index in [1.807, 2.05) is 37.3 Å². The van der Waals surface area contributed by atoms with E-state index in [-0.39, 0.29) is 17.9 Å². The summed E-state index contributed by atoms with van der Waals surface area (Å²) in [5.41, 5.74) is 3.30. The third-order valence-electron chi connectivity index (χ3n) is 5.53. The highest BCUT2D eigenvalue weighted by molar-refractivity contribution is 5.94. The zero-order valence-electron chi connectivity index (χ0n) is 16.9. The van der Waals surface area contributed by atoms with Crippen molar-refractivity contribution in [1.82, 2.24) is 25.4 Å². The van der Waals surface area contributed by atoms with Crippen LogP contribution in [0, 0.1) is 6.92 Å². The van der Waals surface area contributed by atoms with Crippen LogP contribution in [0.2, 0.25) is 0 Å². The quantitative estimate of drug-likeness (QED) is 0.680. The topological polar surface area (TPSA) is 73.9 Å². The van der Waals surface area contributed by atoms with Gasteiger partial charge in [-0.15, -0.1) is 0 Å². The van der Waals surface area contributed by atoms with Gasteiger partial charge in [-0.05, 0) is 36.6 Å². The Morgan fingerprint density at radius 3 is 2.48 bits per heavy atom. The maximum Gasteiger partial charge on any atom is 0.251 e. The van der Waals surface area contributed by atoms with Gasteiger partial charge in [0.25, 0.3) is 5.91 Å². The van der Waals surface area contributed by atoms with Crippen molar-refractivity contribution in [1.29, 1.82) is 0 Å². The minimum Gasteiger partial charge on any atom is -0.347 e. The van der Waals surface area contributed by atoms with Crippen LogP contribution >= 0.6 is 0 Å². The number of aromatic amines is 1. The van der Waals surface area contributed by atoms with E-state index in [2.05, 4.69) is 56.6 Å². The molecule has 2 N–H and O–H groups in total. The zero-order valence-corrected chi connectivity index (χ0v) is 16.9. The van der Waals surface area contributed by atoms with E-state index in [1.54, 1.807) is 0 Å². The molecule has 2 heterocycles. The number of benzene rings is 2. The molecule has 0 aliphatic carbocycles. The summed E-state index contributed by atoms with van der Waals surface area (Å²) in [6, 6.07) is 18.1. The lowest BCUT2D eigenvalue weighted by Gasteiger charge is -2.18. The molecule has 1 fully saturated rings. The average molecular weight is 390 g/mol. The second kappa shape index (κ2) is 8.57. The van der Waals surface area contributed by atoms with Gasteiger partial charge in [-0.1, -0.05) is 49.4 Å². The highest BCUT2D eigenvalue weighted by Crippen LogP contribution is 2.27. The summed E-state index contributed by atoms with van der Waals surface area (Å²) in [5.74, 6) is 1.57. The van der Waals surface area contributed by atoms with Gasteiger partial charge in [-0.2, -0.15) is 5.10 Å². The van der Waals surface area contributed by atoms with Crippen LogP contribution in [0.15, 0.2) is 54.6 Å². The molecule has 1 amide bonds. The molecule has 2 aromatic carbocycles. The third kappa shape index (κ3) is 4.54. The Balaban J connectivity index is 1.50. The van der Waals surface area contributed by atoms with Crippen LogP contribution in [0.3, 0.4) is 0 Å². The number of hydrogen-bond acceptors (Lipinski definition) is 4. The lowest BCUT2D eigenvalue weighted by atomic mass is 10.0. The van der Waals surface area contributed by atoms with Crippen molar-refractivity contribution >= 4 is 5.91 Å². The second-order valence-corrected chi connectivity index (χ2v) is 7.70. The number of amides is 1. The number of carbonyl (C=O) groups excluding carboxylic acids is 1. The fourth-order valence-corrected chi connectivity index (χ4v) is 3.93. The Kier molecular flexibility index (Phi) is 5.71. The molecular weight excluding hydrogens is 362 g/mol. The fourth-order valence-electron chi connectivity index (χ4n) is 3.93. The number of aryl methyl sites for hydroxylation is 2. The molecule has 0 bridgehead atoms. The predicted octanol–water partition coefficient (Wildman–Crippen LogP) is 3.07. The van der Waals surface area contributed by atoms with Crippen LogP contribution in [0.5, 0.6) is 0 Å². The monoisotopic (exact) mass is 389 g/mol. The SMILES string of the molecule is CCc1ccc(CN2CC(NC(=O)c3ccccc3)C(c3n[nH]c(C)n3)C2)cc1. The van der Waals surface area contributed by atoms with Crippen molar-refractivity contribution in [3.63, 3.8) is 0 Å². The second-order valence-electron chi connectivity index (χ2n) is 7.70. The van der Waals surface area contributed by atoms with Gasteiger partial charge in [0.15, 0.2) is 5.82 Å². The largest absolute Gasteiger partial charge is 0.347 e. The molecule has 0 radical (unpaired) electrons. The Bertz CT molecular complexity index is 951. The first-order chi connectivity index (χ1) is 14.1. The van der Waals surface area contributed by atoms with Crippen LogP contribution in [0.4, 0.5) is 0 Å². The van der Waals surface area contributed by atoms with Gasteiger partial charge in [0.2, 0.25) is 0 Å². The molecule has 0 saturated carbocycles. The number of hydrogen-bond donors (Lipinski definition) is 2. The van der Waals surface area contributed by atoms with Crippen molar-refractivity contribution in [3.8, 4) is 0 Å². The molecule has 1 aliphatic rings. The molecule has 1 aliphatic heterocycles. The van der Waals surface area contributed by atoms with Crippen LogP contribution in [0.25, 0.3) is 0 Å². The number of H-pyrrole nitrogens is 1. The summed E-state index contributed by atoms with van der Waals surface area (Å²) in [6.45, 7) is 6.50. The maximum atomic E-state index is 12.7. The molecule has 29 heavy (non-hydrogen) atoms. The molecule has 1 saturated heterocycles. The Labute approximate surface area is 171 Å². The molecule has 3 aromatic rings. The molecule has 150 valence electrons. The number of likely N-dealkylation sites (tertiary alicyclic amines) is 1. The van der Waals surface area contributed by atoms with Gasteiger partial charge in [0.1, 0.15) is 5.82 Å². The van der Waals surface area contributed by atoms with Gasteiger partial charge < -0.3 is 5.32 Å². The summed E-state index contributed by atoms with van der Waals surface area (Å²) in [5, 5.41) is 10.5. The molecule has 2 unspecified atom stereocenters. The van der Waals surface area contributed by atoms with Gasteiger partial charge in [0.05, 0.1) is 12.0 Å². The standard InChI is InChI=1S/C23H27N5O/c1-3-17-9-11-18(12-10-17)13-28-14-20(22-24-16(2)26-27-22)21(15-28)25-23(29)19-7-5-4-6-8-19/h4-12,20-21H,3,13-15H2,1-2H3,(H,25,29)(H,24,26,27). The van der Waals surface area contributed by atoms with Gasteiger partial charge in [-0.3, -0.25) is 14.8 Å². The van der Waals surface area contributed by atoms with Crippen molar-refractivity contribution in [3.05, 3.63) is 82.9 Å². The summed E-state index contributed by atoms with van der Waals surface area (Å²) in [6.07, 6.45) is 1.05. The van der Waals surface area contributed by atoms with Crippen molar-refractivity contribution in [2.45, 2.75) is 38.8 Å². The summed E-state index contributed by atoms with van der Waals surface area (Å²) >= 11 is 0. The summed E-state index contributed by atoms with van der Waals surface area (Å²) < 4.78 is 0. The van der Waals surface area contributed by atoms with E-state index in [1.165, 1.54) is 11.1 Å². The first kappa shape index (κ1) is 19.3. The van der Waals surface area contributed by atoms with Crippen molar-refractivity contribution < 1.29 is 4.79 Å². The highest BCUT2D eigenvalue weighted by Gasteiger charge is 2.37. The van der Waals surface area contributed by atoms with Crippen molar-refractivity contribution in [2.75, 3.05) is 13.1 Å². The minimum absolute atomic E-state index is 0.0344. The van der Waals surface area contributed by atoms with Crippen LogP contribution in [-0.2, 0) is 13.0 Å². The molecule has 6 nitrogen and oxygen atoms in total. The minimum atomic E-state index is -0.0537. The molecular formula is C23H27N5O. The van der Waals surface area contributed by atoms with E-state index < -0.39 is 0 Å². The van der Waals surface area contributed by atoms with Crippen LogP contribution in [0.1, 0.15) is 46.0 Å². The predicted molar refractivity (Wildman–Crippen MR) is 113 cm³/mol. The Morgan fingerprint density at radius 1 is 1.10 bits per heavy atom. The van der Waals surface area contributed by atoms with Gasteiger partial charge >= 0.3 is 0 Å². The number of nitrogens with one attached hydrogen (secondary N) is 2. The Morgan fingerprint density at radius 2 is 1.83 bits per heavy atom. The number of aromatic nitrogens is 3. The van der Waals surface area contributed by atoms with Gasteiger partial charge in [-0.25, -0.2) is 4.98 Å². The zero-order chi connectivity index (χ0) is 20.2. The number of rotatable bonds is 6. The van der Waals surface area contributed by atoms with E-state index in [0.717, 1.165) is 37.7 Å². The van der Waals surface area contributed by atoms with E-state index in [4.69, 9.17) is 0 Å². The van der Waals surface area contributed by atoms with E-state index in [9.17, 15) is 4.79 Å². The normalized spacial score (nSPS) is 19.4. The number of nitrogens with zero attached hydrogens (tertiary/aromatic N) is 3. The molecule has 6 heteroatoms. The fraction of sp³-hybridized carbons (Fsp3) is 0.348. The molecule has 2 atom stereocenters. The lowest BCUT2D eigenvalue weighted by molar-refractivity contribution is 0.0934. The first-order valence-electron chi connectivity index (χ1n) is 10.2. The van der Waals surface area contributed by atoms with E-state index >= 15 is 0 Å². The van der Waals surface area contributed by atoms with Crippen molar-refractivity contribution in [2.24, 2.45) is 0 Å². The maximum absolute atomic E-state index is 12.7. The average Bonchev–Trinajstić information content (AvgIpc) is 3.35. The summed E-state index contributed by atoms with van der Waals surface area (Å²) in [4.78, 5) is 19.7. The van der Waals surface area contributed by atoms with Crippen LogP contribution in [-0.4, -0.2) is 45.1 Å². The van der Waals surface area contributed by atoms with E-state index in [0.29, 0.717) is 5.56 Å². The van der Waals surface area contributed by atoms with Gasteiger partial charge in [0, 0.05) is 25.2 Å². The molecule has 4 rings (SSSR count). The smallest absolute Gasteiger partial charge is 0.251 e. The van der Waals surface area contributed by atoms with Crippen LogP contribution < -0.4 is 5.32 Å².